The van der Waals surface area contributed by atoms with Crippen molar-refractivity contribution in [2.24, 2.45) is 45.3 Å². The second-order valence-electron chi connectivity index (χ2n) is 15.3. The summed E-state index contributed by atoms with van der Waals surface area (Å²) in [5, 5.41) is 21.4. The van der Waals surface area contributed by atoms with Gasteiger partial charge in [0, 0.05) is 24.2 Å². The molecule has 0 radical (unpaired) electrons. The van der Waals surface area contributed by atoms with Gasteiger partial charge in [-0.3, -0.25) is 9.59 Å². The summed E-state index contributed by atoms with van der Waals surface area (Å²) < 4.78 is 12.3. The smallest absolute Gasteiger partial charge is 0.302 e. The van der Waals surface area contributed by atoms with Gasteiger partial charge in [-0.05, 0) is 86.9 Å². The molecule has 0 aromatic carbocycles. The highest BCUT2D eigenvalue weighted by molar-refractivity contribution is 5.85. The number of fused-ring (bicyclic) bond motifs is 5. The van der Waals surface area contributed by atoms with E-state index in [1.165, 1.54) is 12.5 Å². The Morgan fingerprint density at radius 2 is 1.79 bits per heavy atom. The van der Waals surface area contributed by atoms with Gasteiger partial charge in [-0.2, -0.15) is 0 Å². The van der Waals surface area contributed by atoms with Crippen LogP contribution in [-0.2, 0) is 19.1 Å². The lowest BCUT2D eigenvalue weighted by molar-refractivity contribution is -0.208. The van der Waals surface area contributed by atoms with Gasteiger partial charge >= 0.3 is 5.97 Å². The van der Waals surface area contributed by atoms with Gasteiger partial charge in [-0.15, -0.1) is 0 Å². The van der Waals surface area contributed by atoms with Crippen LogP contribution < -0.4 is 0 Å². The molecule has 6 nitrogen and oxygen atoms in total. The first-order valence-electron chi connectivity index (χ1n) is 14.9. The number of Topliss-reactive ketones (excluding diaryl/α,β-unsaturated/α-hetero) is 1. The van der Waals surface area contributed by atoms with Crippen LogP contribution in [0, 0.1) is 45.3 Å². The summed E-state index contributed by atoms with van der Waals surface area (Å²) in [4.78, 5) is 25.5. The lowest BCUT2D eigenvalue weighted by Crippen LogP contribution is -2.65. The van der Waals surface area contributed by atoms with Crippen molar-refractivity contribution < 1.29 is 29.3 Å². The van der Waals surface area contributed by atoms with Gasteiger partial charge in [0.2, 0.25) is 0 Å². The van der Waals surface area contributed by atoms with E-state index in [2.05, 4.69) is 40.7 Å². The number of hydrogen-bond acceptors (Lipinski definition) is 6. The van der Waals surface area contributed by atoms with E-state index in [-0.39, 0.29) is 40.2 Å². The molecule has 10 atom stereocenters. The zero-order valence-electron chi connectivity index (χ0n) is 24.8. The van der Waals surface area contributed by atoms with E-state index in [1.807, 2.05) is 0 Å². The Kier molecular flexibility index (Phi) is 6.61. The second-order valence-corrected chi connectivity index (χ2v) is 15.3. The molecule has 5 aliphatic rings. The molecular weight excluding hydrogens is 480 g/mol. The van der Waals surface area contributed by atoms with E-state index < -0.39 is 23.2 Å². The molecule has 3 saturated carbocycles. The van der Waals surface area contributed by atoms with Crippen LogP contribution in [0.1, 0.15) is 100 Å². The third-order valence-electron chi connectivity index (χ3n) is 12.4. The predicted octanol–water partition coefficient (Wildman–Crippen LogP) is 5.24. The molecule has 1 saturated heterocycles. The molecule has 2 N–H and O–H groups in total. The van der Waals surface area contributed by atoms with Gasteiger partial charge in [0.1, 0.15) is 18.0 Å². The fourth-order valence-corrected chi connectivity index (χ4v) is 10.7. The Labute approximate surface area is 228 Å². The van der Waals surface area contributed by atoms with Crippen molar-refractivity contribution in [2.45, 2.75) is 124 Å². The van der Waals surface area contributed by atoms with Crippen molar-refractivity contribution in [2.75, 3.05) is 6.61 Å². The van der Waals surface area contributed by atoms with Gasteiger partial charge in [-0.25, -0.2) is 0 Å². The number of aliphatic hydroxyl groups is 2. The minimum absolute atomic E-state index is 0.00708. The molecule has 0 aromatic rings. The Balaban J connectivity index is 1.49. The maximum absolute atomic E-state index is 13.1. The largest absolute Gasteiger partial charge is 0.462 e. The van der Waals surface area contributed by atoms with Gasteiger partial charge in [0.05, 0.1) is 18.3 Å². The monoisotopic (exact) mass is 530 g/mol. The molecule has 1 heterocycles. The molecule has 2 unspecified atom stereocenters. The van der Waals surface area contributed by atoms with E-state index in [9.17, 15) is 19.8 Å². The van der Waals surface area contributed by atoms with Crippen molar-refractivity contribution >= 4 is 11.8 Å². The maximum Gasteiger partial charge on any atom is 0.302 e. The fraction of sp³-hybridized carbons (Fsp3) is 0.875. The molecule has 0 aromatic heterocycles. The van der Waals surface area contributed by atoms with Crippen molar-refractivity contribution in [1.29, 1.82) is 0 Å². The zero-order chi connectivity index (χ0) is 28.1. The van der Waals surface area contributed by atoms with Crippen LogP contribution in [0.2, 0.25) is 0 Å². The molecule has 0 spiro atoms. The minimum atomic E-state index is -1.08. The number of ketones is 1. The molecule has 38 heavy (non-hydrogen) atoms. The van der Waals surface area contributed by atoms with Crippen LogP contribution in [0.15, 0.2) is 11.6 Å². The van der Waals surface area contributed by atoms with Crippen LogP contribution >= 0.6 is 0 Å². The summed E-state index contributed by atoms with van der Waals surface area (Å²) in [5.41, 5.74) is -0.439. The lowest BCUT2D eigenvalue weighted by Gasteiger charge is -2.68. The van der Waals surface area contributed by atoms with Gasteiger partial charge in [0.25, 0.3) is 0 Å². The molecule has 5 rings (SSSR count). The number of allylic oxidation sites excluding steroid dienone is 1. The number of hydrogen-bond donors (Lipinski definition) is 2. The van der Waals surface area contributed by atoms with Crippen LogP contribution in [-0.4, -0.2) is 52.5 Å². The van der Waals surface area contributed by atoms with Crippen LogP contribution in [0.3, 0.4) is 0 Å². The molecule has 214 valence electrons. The topological polar surface area (TPSA) is 93.1 Å². The summed E-state index contributed by atoms with van der Waals surface area (Å²) in [6.45, 7) is 16.8. The van der Waals surface area contributed by atoms with Crippen LogP contribution in [0.5, 0.6) is 0 Å². The van der Waals surface area contributed by atoms with Crippen molar-refractivity contribution in [3.8, 4) is 0 Å². The number of aliphatic hydroxyl groups excluding tert-OH is 1. The van der Waals surface area contributed by atoms with Gasteiger partial charge < -0.3 is 19.7 Å². The lowest BCUT2D eigenvalue weighted by atomic mass is 9.37. The Hall–Kier alpha value is -1.24. The number of carbonyl (C=O) groups excluding carboxylic acids is 2. The molecule has 4 fully saturated rings. The Morgan fingerprint density at radius 1 is 1.11 bits per heavy atom. The highest BCUT2D eigenvalue weighted by Gasteiger charge is 2.69. The molecule has 4 aliphatic carbocycles. The third-order valence-corrected chi connectivity index (χ3v) is 12.4. The number of rotatable bonds is 3. The number of esters is 1. The van der Waals surface area contributed by atoms with Crippen LogP contribution in [0.25, 0.3) is 0 Å². The summed E-state index contributed by atoms with van der Waals surface area (Å²) >= 11 is 0. The quantitative estimate of drug-likeness (QED) is 0.383. The first-order chi connectivity index (χ1) is 17.5. The summed E-state index contributed by atoms with van der Waals surface area (Å²) in [6, 6.07) is 0. The van der Waals surface area contributed by atoms with E-state index in [1.54, 1.807) is 13.8 Å². The normalized spacial score (nSPS) is 48.4. The number of carbonyl (C=O) groups is 2. The van der Waals surface area contributed by atoms with Crippen molar-refractivity contribution in [3.05, 3.63) is 11.6 Å². The first kappa shape index (κ1) is 28.3. The Bertz CT molecular complexity index is 1020. The van der Waals surface area contributed by atoms with Crippen LogP contribution in [0.4, 0.5) is 0 Å². The van der Waals surface area contributed by atoms with Crippen molar-refractivity contribution in [3.63, 3.8) is 0 Å². The molecule has 0 bridgehead atoms. The fourth-order valence-electron chi connectivity index (χ4n) is 10.7. The third kappa shape index (κ3) is 3.90. The maximum atomic E-state index is 13.1. The summed E-state index contributed by atoms with van der Waals surface area (Å²) in [5.74, 6) is 1.14. The van der Waals surface area contributed by atoms with E-state index in [0.29, 0.717) is 37.1 Å². The average molecular weight is 531 g/mol. The first-order valence-corrected chi connectivity index (χ1v) is 14.9. The molecule has 0 amide bonds. The minimum Gasteiger partial charge on any atom is -0.462 e. The predicted molar refractivity (Wildman–Crippen MR) is 145 cm³/mol. The highest BCUT2D eigenvalue weighted by Crippen LogP contribution is 2.73. The van der Waals surface area contributed by atoms with Gasteiger partial charge in [-0.1, -0.05) is 46.3 Å². The highest BCUT2D eigenvalue weighted by atomic mass is 16.5. The standard InChI is InChI=1S/C32H50O6/c1-18(33)38-26-16-24-28(2,3)25(35)12-14-31(24,7)23-11-13-30(6)20(9-10-22(30)32(23,26)8)19-15-21(34)27(37-17-19)29(4,5)36/h10,19-21,23-24,26-27,34,36H,9,11-17H2,1-8H3/t19?,20?,21-,23-,24+,26-,27-,30+,31-,32+/m1/s1. The zero-order valence-corrected chi connectivity index (χ0v) is 24.8. The molecule has 1 aliphatic heterocycles. The summed E-state index contributed by atoms with van der Waals surface area (Å²) in [7, 11) is 0. The van der Waals surface area contributed by atoms with Crippen molar-refractivity contribution in [1.82, 2.24) is 0 Å². The van der Waals surface area contributed by atoms with Gasteiger partial charge in [0.15, 0.2) is 0 Å². The Morgan fingerprint density at radius 3 is 2.39 bits per heavy atom. The molecule has 6 heteroatoms. The number of ether oxygens (including phenoxy) is 2. The molecular formula is C32H50O6. The average Bonchev–Trinajstić information content (AvgIpc) is 3.15. The summed E-state index contributed by atoms with van der Waals surface area (Å²) in [6.07, 6.45) is 6.80. The van der Waals surface area contributed by atoms with E-state index in [4.69, 9.17) is 9.47 Å². The van der Waals surface area contributed by atoms with E-state index >= 15 is 0 Å². The second kappa shape index (κ2) is 8.88. The van der Waals surface area contributed by atoms with E-state index in [0.717, 1.165) is 32.1 Å². The SMILES string of the molecule is CC(=O)O[C@@H]1C[C@H]2C(C)(C)C(=O)CC[C@]2(C)[C@H]2CC[C@]3(C)C(=CCC3C3CO[C@@H](C(C)(C)O)[C@H](O)C3)[C@@]21C.